The summed E-state index contributed by atoms with van der Waals surface area (Å²) in [5, 5.41) is 0. The predicted molar refractivity (Wildman–Crippen MR) is 32.9 cm³/mol. The third kappa shape index (κ3) is 1.24. The van der Waals surface area contributed by atoms with Gasteiger partial charge in [-0.1, -0.05) is 10.1 Å². The van der Waals surface area contributed by atoms with Gasteiger partial charge in [0.15, 0.2) is 0 Å². The second kappa shape index (κ2) is 1.56. The van der Waals surface area contributed by atoms with E-state index in [4.69, 9.17) is 0 Å². The highest BCUT2D eigenvalue weighted by Crippen LogP contribution is 2.02. The molecule has 7 heavy (non-hydrogen) atoms. The molecule has 0 amide bonds. The van der Waals surface area contributed by atoms with Crippen molar-refractivity contribution in [1.29, 1.82) is 0 Å². The highest BCUT2D eigenvalue weighted by atomic mass is 32.3. The second-order valence-electron chi connectivity index (χ2n) is 2.09. The lowest BCUT2D eigenvalue weighted by Gasteiger charge is -2.07. The Bertz CT molecular complexity index is 102. The van der Waals surface area contributed by atoms with Gasteiger partial charge < -0.3 is 0 Å². The minimum atomic E-state index is -1.79. The van der Waals surface area contributed by atoms with Crippen molar-refractivity contribution < 1.29 is 4.21 Å². The monoisotopic (exact) mass is 121 g/mol. The maximum absolute atomic E-state index is 10.9. The molecule has 0 atom stereocenters. The van der Waals surface area contributed by atoms with Gasteiger partial charge in [0.25, 0.3) is 0 Å². The van der Waals surface area contributed by atoms with Gasteiger partial charge in [0.2, 0.25) is 0 Å². The maximum Gasteiger partial charge on any atom is 0.0138 e. The van der Waals surface area contributed by atoms with E-state index in [2.05, 4.69) is 4.72 Å². The highest BCUT2D eigenvalue weighted by molar-refractivity contribution is 8.00. The summed E-state index contributed by atoms with van der Waals surface area (Å²) in [6.45, 7) is 0.952. The lowest BCUT2D eigenvalue weighted by atomic mass is 10.5. The smallest absolute Gasteiger partial charge is 0.0138 e. The molecule has 0 aromatic carbocycles. The third-order valence-electron chi connectivity index (χ3n) is 1.21. The summed E-state index contributed by atoms with van der Waals surface area (Å²) in [6.07, 6.45) is 2.90. The van der Waals surface area contributed by atoms with Gasteiger partial charge in [0, 0.05) is 18.6 Å². The normalized spacial score (nSPS) is 32.7. The zero-order valence-electron chi connectivity index (χ0n) is 4.48. The van der Waals surface area contributed by atoms with Gasteiger partial charge in [-0.2, -0.15) is 0 Å². The molecule has 0 aromatic rings. The molecule has 0 bridgehead atoms. The van der Waals surface area contributed by atoms with Gasteiger partial charge in [0.05, 0.1) is 0 Å². The van der Waals surface area contributed by atoms with Crippen molar-refractivity contribution in [2.45, 2.75) is 6.42 Å². The van der Waals surface area contributed by atoms with Crippen molar-refractivity contribution in [3.8, 4) is 0 Å². The summed E-state index contributed by atoms with van der Waals surface area (Å²) in [6, 6.07) is 0. The van der Waals surface area contributed by atoms with Crippen LogP contribution in [-0.4, -0.2) is 22.8 Å². The summed E-state index contributed by atoms with van der Waals surface area (Å²) >= 11 is 0. The molecule has 0 radical (unpaired) electrons. The topological polar surface area (TPSA) is 29.1 Å². The van der Waals surface area contributed by atoms with E-state index in [-0.39, 0.29) is 0 Å². The van der Waals surface area contributed by atoms with E-state index in [0.717, 1.165) is 18.7 Å². The van der Waals surface area contributed by atoms with Gasteiger partial charge >= 0.3 is 0 Å². The first-order valence-electron chi connectivity index (χ1n) is 2.52. The van der Waals surface area contributed by atoms with Crippen LogP contribution in [0.4, 0.5) is 0 Å². The molecule has 1 aliphatic rings. The Morgan fingerprint density at radius 2 is 2.43 bits per heavy atom. The van der Waals surface area contributed by atoms with Crippen LogP contribution in [-0.2, 0) is 10.1 Å². The van der Waals surface area contributed by atoms with Crippen LogP contribution in [0.3, 0.4) is 0 Å². The van der Waals surface area contributed by atoms with E-state index in [1.54, 1.807) is 6.26 Å². The Morgan fingerprint density at radius 1 is 1.71 bits per heavy atom. The molecule has 1 rings (SSSR count). The molecule has 1 saturated heterocycles. The minimum Gasteiger partial charge on any atom is -0.271 e. The summed E-state index contributed by atoms with van der Waals surface area (Å²) in [5.41, 5.74) is 0. The van der Waals surface area contributed by atoms with Crippen molar-refractivity contribution in [2.24, 2.45) is 0 Å². The van der Waals surface area contributed by atoms with Crippen molar-refractivity contribution in [3.05, 3.63) is 0 Å². The van der Waals surface area contributed by atoms with Crippen LogP contribution in [0, 0.1) is 0 Å². The SMILES string of the molecule is C[SH]1(=O)CCCN1. The summed E-state index contributed by atoms with van der Waals surface area (Å²) in [5.74, 6) is 0.896. The number of nitrogens with one attached hydrogen (secondary N) is 1. The summed E-state index contributed by atoms with van der Waals surface area (Å²) < 4.78 is 13.9. The molecule has 1 heterocycles. The van der Waals surface area contributed by atoms with Crippen LogP contribution in [0.1, 0.15) is 6.42 Å². The molecule has 1 N–H and O–H groups in total. The fourth-order valence-electron chi connectivity index (χ4n) is 0.775. The first-order valence-corrected chi connectivity index (χ1v) is 4.86. The zero-order valence-corrected chi connectivity index (χ0v) is 5.37. The maximum atomic E-state index is 10.9. The highest BCUT2D eigenvalue weighted by Gasteiger charge is 2.12. The molecule has 0 aromatic heterocycles. The average molecular weight is 121 g/mol. The van der Waals surface area contributed by atoms with Crippen molar-refractivity contribution in [2.75, 3.05) is 18.6 Å². The van der Waals surface area contributed by atoms with Gasteiger partial charge in [-0.25, -0.2) is 0 Å². The molecule has 2 nitrogen and oxygen atoms in total. The Morgan fingerprint density at radius 3 is 2.57 bits per heavy atom. The lowest BCUT2D eigenvalue weighted by Crippen LogP contribution is -2.23. The average Bonchev–Trinajstić information content (AvgIpc) is 1.84. The van der Waals surface area contributed by atoms with Crippen LogP contribution < -0.4 is 4.72 Å². The van der Waals surface area contributed by atoms with Crippen molar-refractivity contribution in [1.82, 2.24) is 4.72 Å². The number of rotatable bonds is 0. The molecular formula is C4H11NOS. The molecule has 0 spiro atoms. The molecule has 1 aliphatic heterocycles. The fraction of sp³-hybridized carbons (Fsp3) is 1.00. The quantitative estimate of drug-likeness (QED) is 0.417. The number of hydrogen-bond donors (Lipinski definition) is 2. The number of hydrogen-bond acceptors (Lipinski definition) is 1. The first kappa shape index (κ1) is 5.25. The second-order valence-corrected chi connectivity index (χ2v) is 5.05. The Balaban J connectivity index is 2.57. The Labute approximate surface area is 44.9 Å². The largest absolute Gasteiger partial charge is 0.271 e. The van der Waals surface area contributed by atoms with Crippen molar-refractivity contribution in [3.63, 3.8) is 0 Å². The fourth-order valence-corrected chi connectivity index (χ4v) is 2.33. The van der Waals surface area contributed by atoms with Crippen molar-refractivity contribution >= 4 is 10.1 Å². The summed E-state index contributed by atoms with van der Waals surface area (Å²) in [7, 11) is -1.79. The van der Waals surface area contributed by atoms with E-state index in [0.29, 0.717) is 0 Å². The van der Waals surface area contributed by atoms with Gasteiger partial charge in [-0.15, -0.1) is 0 Å². The summed E-state index contributed by atoms with van der Waals surface area (Å²) in [4.78, 5) is 0. The molecule has 0 aliphatic carbocycles. The van der Waals surface area contributed by atoms with Gasteiger partial charge in [-0.05, 0) is 6.42 Å². The van der Waals surface area contributed by atoms with E-state index in [1.807, 2.05) is 0 Å². The lowest BCUT2D eigenvalue weighted by molar-refractivity contribution is 0.673. The zero-order chi connectivity index (χ0) is 5.33. The van der Waals surface area contributed by atoms with E-state index in [9.17, 15) is 4.21 Å². The van der Waals surface area contributed by atoms with Crippen LogP contribution in [0.15, 0.2) is 0 Å². The van der Waals surface area contributed by atoms with Crippen LogP contribution in [0.2, 0.25) is 0 Å². The molecular weight excluding hydrogens is 110 g/mol. The first-order chi connectivity index (χ1) is 3.21. The number of thiol groups is 1. The molecule has 3 heteroatoms. The minimum absolute atomic E-state index is 0.896. The predicted octanol–water partition coefficient (Wildman–Crippen LogP) is -0.459. The molecule has 1 fully saturated rings. The van der Waals surface area contributed by atoms with Gasteiger partial charge in [-0.3, -0.25) is 8.93 Å². The van der Waals surface area contributed by atoms with E-state index >= 15 is 0 Å². The van der Waals surface area contributed by atoms with E-state index < -0.39 is 10.1 Å². The standard InChI is InChI=1S/C4H11NOS/c1-7(6)4-2-3-5-7/h7H,2-4H2,1H3,(H,5,6). The molecule has 0 unspecified atom stereocenters. The van der Waals surface area contributed by atoms with Gasteiger partial charge in [0.1, 0.15) is 0 Å². The molecule has 0 saturated carbocycles. The van der Waals surface area contributed by atoms with Crippen LogP contribution in [0.5, 0.6) is 0 Å². The van der Waals surface area contributed by atoms with Crippen LogP contribution in [0.25, 0.3) is 0 Å². The van der Waals surface area contributed by atoms with Crippen LogP contribution >= 0.6 is 0 Å². The Hall–Kier alpha value is 0.110. The third-order valence-corrected chi connectivity index (χ3v) is 3.27. The molecule has 44 valence electrons. The Kier molecular flexibility index (Phi) is 1.17. The van der Waals surface area contributed by atoms with E-state index in [1.165, 1.54) is 0 Å².